The van der Waals surface area contributed by atoms with Crippen molar-refractivity contribution in [1.29, 1.82) is 0 Å². The van der Waals surface area contributed by atoms with Gasteiger partial charge in [0.25, 0.3) is 0 Å². The quantitative estimate of drug-likeness (QED) is 0.595. The van der Waals surface area contributed by atoms with Gasteiger partial charge in [0, 0.05) is 12.1 Å². The third-order valence-corrected chi connectivity index (χ3v) is 1.77. The highest BCUT2D eigenvalue weighted by Gasteiger charge is 2.12. The molecule has 0 spiro atoms. The molecular formula is C9H13NO2. The van der Waals surface area contributed by atoms with Crippen LogP contribution in [0.3, 0.4) is 0 Å². The van der Waals surface area contributed by atoms with Gasteiger partial charge in [0.05, 0.1) is 0 Å². The van der Waals surface area contributed by atoms with Crippen LogP contribution in [0.25, 0.3) is 0 Å². The molecule has 2 N–H and O–H groups in total. The number of rotatable bonds is 1. The van der Waals surface area contributed by atoms with Crippen molar-refractivity contribution in [3.63, 3.8) is 0 Å². The fourth-order valence-corrected chi connectivity index (χ4v) is 1.01. The summed E-state index contributed by atoms with van der Waals surface area (Å²) in [6, 6.07) is 0. The molecule has 0 aliphatic carbocycles. The molecule has 0 amide bonds. The summed E-state index contributed by atoms with van der Waals surface area (Å²) in [4.78, 5) is 10.7. The average Bonchev–Trinajstić information content (AvgIpc) is 2.09. The van der Waals surface area contributed by atoms with E-state index in [9.17, 15) is 4.79 Å². The molecule has 1 rings (SSSR count). The normalized spacial score (nSPS) is 22.6. The van der Waals surface area contributed by atoms with Gasteiger partial charge < -0.3 is 10.5 Å². The zero-order valence-electron chi connectivity index (χ0n) is 7.17. The van der Waals surface area contributed by atoms with E-state index >= 15 is 0 Å². The summed E-state index contributed by atoms with van der Waals surface area (Å²) in [7, 11) is 0. The van der Waals surface area contributed by atoms with E-state index in [0.29, 0.717) is 13.0 Å². The van der Waals surface area contributed by atoms with Crippen molar-refractivity contribution in [2.24, 2.45) is 5.73 Å². The van der Waals surface area contributed by atoms with Crippen LogP contribution in [0.15, 0.2) is 23.4 Å². The highest BCUT2D eigenvalue weighted by molar-refractivity contribution is 5.71. The van der Waals surface area contributed by atoms with E-state index in [1.807, 2.05) is 19.1 Å². The van der Waals surface area contributed by atoms with Crippen LogP contribution in [-0.4, -0.2) is 12.6 Å². The van der Waals surface area contributed by atoms with E-state index in [4.69, 9.17) is 10.5 Å². The molecule has 0 aromatic rings. The number of ether oxygens (including phenoxy) is 1. The van der Waals surface area contributed by atoms with Crippen molar-refractivity contribution in [2.45, 2.75) is 19.8 Å². The van der Waals surface area contributed by atoms with Crippen molar-refractivity contribution in [1.82, 2.24) is 0 Å². The number of allylic oxidation sites excluding steroid dienone is 2. The van der Waals surface area contributed by atoms with Crippen molar-refractivity contribution in [3.05, 3.63) is 23.4 Å². The number of nitrogens with two attached hydrogens (primary N) is 1. The zero-order chi connectivity index (χ0) is 8.97. The van der Waals surface area contributed by atoms with Gasteiger partial charge in [0.2, 0.25) is 0 Å². The Morgan fingerprint density at radius 3 is 2.83 bits per heavy atom. The van der Waals surface area contributed by atoms with Crippen LogP contribution in [-0.2, 0) is 9.53 Å². The Morgan fingerprint density at radius 2 is 2.33 bits per heavy atom. The molecule has 0 aromatic carbocycles. The predicted molar refractivity (Wildman–Crippen MR) is 46.2 cm³/mol. The lowest BCUT2D eigenvalue weighted by Gasteiger charge is -2.14. The standard InChI is InChI=1S/C9H13NO2/c1-2-8(10)5-7-3-4-9(11)12-6-7/h2,5H,3-4,6,10H2,1H3/b7-5-,8-2+. The van der Waals surface area contributed by atoms with Gasteiger partial charge in [-0.15, -0.1) is 0 Å². The molecule has 1 fully saturated rings. The summed E-state index contributed by atoms with van der Waals surface area (Å²) in [5.74, 6) is -0.119. The minimum Gasteiger partial charge on any atom is -0.461 e. The minimum absolute atomic E-state index is 0.119. The van der Waals surface area contributed by atoms with Crippen LogP contribution in [0, 0.1) is 0 Å². The molecule has 0 radical (unpaired) electrons. The van der Waals surface area contributed by atoms with E-state index in [1.165, 1.54) is 0 Å². The predicted octanol–water partition coefficient (Wildman–Crippen LogP) is 1.11. The van der Waals surface area contributed by atoms with Gasteiger partial charge in [-0.1, -0.05) is 6.08 Å². The Morgan fingerprint density at radius 1 is 1.58 bits per heavy atom. The highest BCUT2D eigenvalue weighted by Crippen LogP contribution is 2.14. The van der Waals surface area contributed by atoms with Gasteiger partial charge in [-0.25, -0.2) is 0 Å². The van der Waals surface area contributed by atoms with E-state index < -0.39 is 0 Å². The molecule has 1 saturated heterocycles. The highest BCUT2D eigenvalue weighted by atomic mass is 16.5. The van der Waals surface area contributed by atoms with Crippen LogP contribution < -0.4 is 5.73 Å². The number of hydrogen-bond donors (Lipinski definition) is 1. The molecule has 0 bridgehead atoms. The van der Waals surface area contributed by atoms with E-state index in [-0.39, 0.29) is 5.97 Å². The lowest BCUT2D eigenvalue weighted by atomic mass is 10.1. The summed E-state index contributed by atoms with van der Waals surface area (Å²) < 4.78 is 4.85. The van der Waals surface area contributed by atoms with Crippen molar-refractivity contribution < 1.29 is 9.53 Å². The fourth-order valence-electron chi connectivity index (χ4n) is 1.01. The van der Waals surface area contributed by atoms with Crippen LogP contribution >= 0.6 is 0 Å². The smallest absolute Gasteiger partial charge is 0.306 e. The fraction of sp³-hybridized carbons (Fsp3) is 0.444. The Balaban J connectivity index is 2.54. The van der Waals surface area contributed by atoms with Crippen LogP contribution in [0.5, 0.6) is 0 Å². The van der Waals surface area contributed by atoms with Gasteiger partial charge in [-0.3, -0.25) is 4.79 Å². The number of esters is 1. The molecule has 3 nitrogen and oxygen atoms in total. The average molecular weight is 167 g/mol. The number of carbonyl (C=O) groups excluding carboxylic acids is 1. The Labute approximate surface area is 71.9 Å². The molecule has 0 aromatic heterocycles. The molecular weight excluding hydrogens is 154 g/mol. The SMILES string of the molecule is C/C=C(N)\C=C1\CCC(=O)OC1. The van der Waals surface area contributed by atoms with Gasteiger partial charge in [0.1, 0.15) is 6.61 Å². The van der Waals surface area contributed by atoms with Crippen LogP contribution in [0.2, 0.25) is 0 Å². The molecule has 0 atom stereocenters. The number of carbonyl (C=O) groups is 1. The van der Waals surface area contributed by atoms with Gasteiger partial charge in [-0.05, 0) is 25.0 Å². The second-order valence-corrected chi connectivity index (χ2v) is 2.75. The maximum atomic E-state index is 10.7. The summed E-state index contributed by atoms with van der Waals surface area (Å²) in [6.45, 7) is 2.27. The van der Waals surface area contributed by atoms with Gasteiger partial charge >= 0.3 is 5.97 Å². The molecule has 1 aliphatic rings. The molecule has 3 heteroatoms. The largest absolute Gasteiger partial charge is 0.461 e. The van der Waals surface area contributed by atoms with Crippen molar-refractivity contribution >= 4 is 5.97 Å². The maximum Gasteiger partial charge on any atom is 0.306 e. The molecule has 0 unspecified atom stereocenters. The Bertz CT molecular complexity index is 229. The Kier molecular flexibility index (Phi) is 2.91. The number of hydrogen-bond acceptors (Lipinski definition) is 3. The lowest BCUT2D eigenvalue weighted by Crippen LogP contribution is -2.15. The first-order chi connectivity index (χ1) is 5.72. The van der Waals surface area contributed by atoms with Gasteiger partial charge in [-0.2, -0.15) is 0 Å². The minimum atomic E-state index is -0.119. The first-order valence-electron chi connectivity index (χ1n) is 3.99. The summed E-state index contributed by atoms with van der Waals surface area (Å²) >= 11 is 0. The van der Waals surface area contributed by atoms with E-state index in [2.05, 4.69) is 0 Å². The topological polar surface area (TPSA) is 52.3 Å². The zero-order valence-corrected chi connectivity index (χ0v) is 7.17. The van der Waals surface area contributed by atoms with Crippen LogP contribution in [0.4, 0.5) is 0 Å². The van der Waals surface area contributed by atoms with Crippen molar-refractivity contribution in [3.8, 4) is 0 Å². The first-order valence-corrected chi connectivity index (χ1v) is 3.99. The summed E-state index contributed by atoms with van der Waals surface area (Å²) in [5, 5.41) is 0. The second-order valence-electron chi connectivity index (χ2n) is 2.75. The molecule has 0 saturated carbocycles. The molecule has 1 heterocycles. The summed E-state index contributed by atoms with van der Waals surface area (Å²) in [6.07, 6.45) is 4.94. The monoisotopic (exact) mass is 167 g/mol. The molecule has 12 heavy (non-hydrogen) atoms. The third-order valence-electron chi connectivity index (χ3n) is 1.77. The van der Waals surface area contributed by atoms with Crippen molar-refractivity contribution in [2.75, 3.05) is 6.61 Å². The van der Waals surface area contributed by atoms with Gasteiger partial charge in [0.15, 0.2) is 0 Å². The third kappa shape index (κ3) is 2.42. The van der Waals surface area contributed by atoms with E-state index in [1.54, 1.807) is 0 Å². The lowest BCUT2D eigenvalue weighted by molar-refractivity contribution is -0.144. The van der Waals surface area contributed by atoms with Crippen LogP contribution in [0.1, 0.15) is 19.8 Å². The second kappa shape index (κ2) is 3.95. The number of cyclic esters (lactones) is 1. The Hall–Kier alpha value is -1.25. The molecule has 1 aliphatic heterocycles. The van der Waals surface area contributed by atoms with E-state index in [0.717, 1.165) is 17.7 Å². The summed E-state index contributed by atoms with van der Waals surface area (Å²) in [5.41, 5.74) is 7.40. The first kappa shape index (κ1) is 8.84. The molecule has 66 valence electrons. The maximum absolute atomic E-state index is 10.7.